The molecule has 20 heavy (non-hydrogen) atoms. The van der Waals surface area contributed by atoms with Gasteiger partial charge in [0.15, 0.2) is 0 Å². The molecule has 102 valence electrons. The van der Waals surface area contributed by atoms with Gasteiger partial charge in [-0.05, 0) is 43.0 Å². The minimum Gasteiger partial charge on any atom is -0.508 e. The van der Waals surface area contributed by atoms with Gasteiger partial charge < -0.3 is 10.2 Å². The molecule has 1 atom stereocenters. The van der Waals surface area contributed by atoms with Gasteiger partial charge in [0.1, 0.15) is 5.75 Å². The van der Waals surface area contributed by atoms with Crippen LogP contribution >= 0.6 is 0 Å². The molecule has 1 aliphatic rings. The van der Waals surface area contributed by atoms with E-state index in [4.69, 9.17) is 5.11 Å². The number of aromatic hydroxyl groups is 1. The summed E-state index contributed by atoms with van der Waals surface area (Å²) in [5.74, 6) is -0.954. The molecule has 2 N–H and O–H groups in total. The Bertz CT molecular complexity index is 667. The van der Waals surface area contributed by atoms with Crippen molar-refractivity contribution in [3.05, 3.63) is 58.9 Å². The normalized spacial score (nSPS) is 17.5. The Morgan fingerprint density at radius 1 is 1.30 bits per heavy atom. The minimum atomic E-state index is -1.03. The highest BCUT2D eigenvalue weighted by Gasteiger charge is 2.25. The van der Waals surface area contributed by atoms with Crippen molar-refractivity contribution in [3.8, 4) is 5.75 Å². The fourth-order valence-electron chi connectivity index (χ4n) is 2.88. The standard InChI is InChI=1S/C16H15NO3/c18-14-9-11(16(19)20)6-7-12(14)13-5-1-3-10-4-2-8-17-15(10)13/h2,4,6-9,13,18H,1,3,5H2,(H,19,20). The van der Waals surface area contributed by atoms with Crippen LogP contribution in [-0.4, -0.2) is 21.2 Å². The van der Waals surface area contributed by atoms with E-state index in [0.717, 1.165) is 30.5 Å². The van der Waals surface area contributed by atoms with E-state index >= 15 is 0 Å². The second-order valence-corrected chi connectivity index (χ2v) is 5.07. The van der Waals surface area contributed by atoms with Crippen molar-refractivity contribution in [1.82, 2.24) is 4.98 Å². The molecule has 1 aromatic heterocycles. The fourth-order valence-corrected chi connectivity index (χ4v) is 2.88. The quantitative estimate of drug-likeness (QED) is 0.879. The Morgan fingerprint density at radius 2 is 2.15 bits per heavy atom. The largest absolute Gasteiger partial charge is 0.508 e. The van der Waals surface area contributed by atoms with Gasteiger partial charge >= 0.3 is 5.97 Å². The highest BCUT2D eigenvalue weighted by molar-refractivity contribution is 5.88. The molecular weight excluding hydrogens is 254 g/mol. The summed E-state index contributed by atoms with van der Waals surface area (Å²) in [5.41, 5.74) is 3.07. The van der Waals surface area contributed by atoms with Gasteiger partial charge in [-0.2, -0.15) is 0 Å². The van der Waals surface area contributed by atoms with Crippen molar-refractivity contribution in [2.75, 3.05) is 0 Å². The van der Waals surface area contributed by atoms with Gasteiger partial charge in [-0.1, -0.05) is 12.1 Å². The Labute approximate surface area is 116 Å². The molecule has 0 saturated carbocycles. The summed E-state index contributed by atoms with van der Waals surface area (Å²) >= 11 is 0. The van der Waals surface area contributed by atoms with E-state index in [0.29, 0.717) is 0 Å². The average molecular weight is 269 g/mol. The second-order valence-electron chi connectivity index (χ2n) is 5.07. The summed E-state index contributed by atoms with van der Waals surface area (Å²) in [7, 11) is 0. The zero-order valence-electron chi connectivity index (χ0n) is 10.9. The van der Waals surface area contributed by atoms with Gasteiger partial charge in [-0.3, -0.25) is 4.98 Å². The third-order valence-corrected chi connectivity index (χ3v) is 3.85. The summed E-state index contributed by atoms with van der Waals surface area (Å²) in [4.78, 5) is 15.4. The Kier molecular flexibility index (Phi) is 3.14. The molecule has 4 nitrogen and oxygen atoms in total. The van der Waals surface area contributed by atoms with Crippen molar-refractivity contribution in [2.45, 2.75) is 25.2 Å². The van der Waals surface area contributed by atoms with Crippen LogP contribution < -0.4 is 0 Å². The Balaban J connectivity index is 2.04. The third kappa shape index (κ3) is 2.13. The van der Waals surface area contributed by atoms with Crippen LogP contribution in [0.1, 0.15) is 45.9 Å². The first kappa shape index (κ1) is 12.7. The average Bonchev–Trinajstić information content (AvgIpc) is 2.46. The first-order valence-corrected chi connectivity index (χ1v) is 6.67. The molecule has 0 bridgehead atoms. The van der Waals surface area contributed by atoms with E-state index in [1.807, 2.05) is 6.07 Å². The van der Waals surface area contributed by atoms with Crippen LogP contribution in [0.3, 0.4) is 0 Å². The number of benzene rings is 1. The number of fused-ring (bicyclic) bond motifs is 1. The zero-order chi connectivity index (χ0) is 14.1. The van der Waals surface area contributed by atoms with Crippen LogP contribution in [0.25, 0.3) is 0 Å². The lowest BCUT2D eigenvalue weighted by atomic mass is 9.81. The van der Waals surface area contributed by atoms with Crippen molar-refractivity contribution >= 4 is 5.97 Å². The summed E-state index contributed by atoms with van der Waals surface area (Å²) in [5, 5.41) is 19.1. The van der Waals surface area contributed by atoms with Crippen LogP contribution in [0.15, 0.2) is 36.5 Å². The van der Waals surface area contributed by atoms with Crippen LogP contribution in [0, 0.1) is 0 Å². The van der Waals surface area contributed by atoms with Crippen LogP contribution in [0.5, 0.6) is 5.75 Å². The molecule has 1 aliphatic carbocycles. The number of carbonyl (C=O) groups is 1. The number of nitrogens with zero attached hydrogens (tertiary/aromatic N) is 1. The highest BCUT2D eigenvalue weighted by atomic mass is 16.4. The molecule has 1 heterocycles. The van der Waals surface area contributed by atoms with Gasteiger partial charge in [0.25, 0.3) is 0 Å². The Morgan fingerprint density at radius 3 is 2.90 bits per heavy atom. The molecule has 3 rings (SSSR count). The number of carboxylic acid groups (broad SMARTS) is 1. The number of aryl methyl sites for hydroxylation is 1. The first-order chi connectivity index (χ1) is 9.66. The summed E-state index contributed by atoms with van der Waals surface area (Å²) in [6, 6.07) is 8.54. The van der Waals surface area contributed by atoms with E-state index in [9.17, 15) is 9.90 Å². The summed E-state index contributed by atoms with van der Waals surface area (Å²) in [6.07, 6.45) is 4.74. The molecule has 0 saturated heterocycles. The number of carboxylic acids is 1. The maximum atomic E-state index is 10.9. The molecule has 1 aromatic carbocycles. The molecule has 2 aromatic rings. The van der Waals surface area contributed by atoms with E-state index in [1.54, 1.807) is 12.3 Å². The topological polar surface area (TPSA) is 70.4 Å². The van der Waals surface area contributed by atoms with E-state index in [1.165, 1.54) is 17.7 Å². The number of aromatic carboxylic acids is 1. The van der Waals surface area contributed by atoms with Gasteiger partial charge in [0.05, 0.1) is 11.3 Å². The highest BCUT2D eigenvalue weighted by Crippen LogP contribution is 2.39. The summed E-state index contributed by atoms with van der Waals surface area (Å²) in [6.45, 7) is 0. The van der Waals surface area contributed by atoms with Crippen LogP contribution in [-0.2, 0) is 6.42 Å². The lowest BCUT2D eigenvalue weighted by molar-refractivity contribution is 0.0696. The van der Waals surface area contributed by atoms with E-state index < -0.39 is 5.97 Å². The predicted octanol–water partition coefficient (Wildman–Crippen LogP) is 2.95. The van der Waals surface area contributed by atoms with Gasteiger partial charge in [0, 0.05) is 17.7 Å². The number of phenols is 1. The Hall–Kier alpha value is -2.36. The monoisotopic (exact) mass is 269 g/mol. The van der Waals surface area contributed by atoms with E-state index in [-0.39, 0.29) is 17.2 Å². The van der Waals surface area contributed by atoms with Crippen LogP contribution in [0.4, 0.5) is 0 Å². The molecule has 0 fully saturated rings. The van der Waals surface area contributed by atoms with Crippen LogP contribution in [0.2, 0.25) is 0 Å². The molecule has 0 spiro atoms. The fraction of sp³-hybridized carbons (Fsp3) is 0.250. The molecule has 1 unspecified atom stereocenters. The maximum Gasteiger partial charge on any atom is 0.335 e. The number of phenolic OH excluding ortho intramolecular Hbond substituents is 1. The predicted molar refractivity (Wildman–Crippen MR) is 74.1 cm³/mol. The number of rotatable bonds is 2. The van der Waals surface area contributed by atoms with Crippen molar-refractivity contribution < 1.29 is 15.0 Å². The number of hydrogen-bond acceptors (Lipinski definition) is 3. The molecule has 0 radical (unpaired) electrons. The molecule has 0 amide bonds. The minimum absolute atomic E-state index is 0.0356. The molecule has 4 heteroatoms. The zero-order valence-corrected chi connectivity index (χ0v) is 10.9. The van der Waals surface area contributed by atoms with Gasteiger partial charge in [-0.15, -0.1) is 0 Å². The van der Waals surface area contributed by atoms with Gasteiger partial charge in [-0.25, -0.2) is 4.79 Å². The first-order valence-electron chi connectivity index (χ1n) is 6.67. The lowest BCUT2D eigenvalue weighted by Crippen LogP contribution is -2.13. The number of pyridine rings is 1. The van der Waals surface area contributed by atoms with Crippen molar-refractivity contribution in [3.63, 3.8) is 0 Å². The van der Waals surface area contributed by atoms with E-state index in [2.05, 4.69) is 11.1 Å². The van der Waals surface area contributed by atoms with Crippen molar-refractivity contribution in [2.24, 2.45) is 0 Å². The summed E-state index contributed by atoms with van der Waals surface area (Å²) < 4.78 is 0. The molecule has 0 aliphatic heterocycles. The third-order valence-electron chi connectivity index (χ3n) is 3.85. The SMILES string of the molecule is O=C(O)c1ccc(C2CCCc3cccnc32)c(O)c1. The second kappa shape index (κ2) is 4.96. The maximum absolute atomic E-state index is 10.9. The number of hydrogen-bond donors (Lipinski definition) is 2. The lowest BCUT2D eigenvalue weighted by Gasteiger charge is -2.25. The number of aromatic nitrogens is 1. The van der Waals surface area contributed by atoms with Crippen molar-refractivity contribution in [1.29, 1.82) is 0 Å². The molecular formula is C16H15NO3. The van der Waals surface area contributed by atoms with Gasteiger partial charge in [0.2, 0.25) is 0 Å². The smallest absolute Gasteiger partial charge is 0.335 e.